The zero-order chi connectivity index (χ0) is 10.7. The summed E-state index contributed by atoms with van der Waals surface area (Å²) in [4.78, 5) is 11.3. The molecule has 80 valence electrons. The Kier molecular flexibility index (Phi) is 3.67. The standard InChI is InChI=1S/C11H12ClNOS/c12-9-3-1-8(2-4-9)7-13-10-5-6-15-11(10)14/h1-4,10,13H,5-7H2/t10-/m0/s1. The summed E-state index contributed by atoms with van der Waals surface area (Å²) in [5, 5.41) is 4.26. The van der Waals surface area contributed by atoms with E-state index in [-0.39, 0.29) is 11.2 Å². The average Bonchev–Trinajstić information content (AvgIpc) is 2.63. The maximum Gasteiger partial charge on any atom is 0.205 e. The predicted octanol–water partition coefficient (Wildman–Crippen LogP) is 2.46. The van der Waals surface area contributed by atoms with Gasteiger partial charge in [-0.2, -0.15) is 0 Å². The van der Waals surface area contributed by atoms with E-state index in [1.807, 2.05) is 24.3 Å². The minimum absolute atomic E-state index is 0.0330. The normalized spacial score (nSPS) is 20.9. The van der Waals surface area contributed by atoms with Gasteiger partial charge in [0, 0.05) is 17.3 Å². The monoisotopic (exact) mass is 241 g/mol. The third-order valence-corrected chi connectivity index (χ3v) is 3.66. The first-order valence-electron chi connectivity index (χ1n) is 4.90. The molecule has 1 aromatic rings. The summed E-state index contributed by atoms with van der Waals surface area (Å²) in [6.07, 6.45) is 0.942. The molecule has 1 aromatic carbocycles. The van der Waals surface area contributed by atoms with Gasteiger partial charge in [-0.25, -0.2) is 0 Å². The van der Waals surface area contributed by atoms with Crippen LogP contribution in [0.4, 0.5) is 0 Å². The first-order chi connectivity index (χ1) is 7.25. The fraction of sp³-hybridized carbons (Fsp3) is 0.364. The number of hydrogen-bond donors (Lipinski definition) is 1. The molecule has 1 fully saturated rings. The molecule has 1 aliphatic rings. The minimum Gasteiger partial charge on any atom is -0.303 e. The van der Waals surface area contributed by atoms with Crippen LogP contribution in [0, 0.1) is 0 Å². The van der Waals surface area contributed by atoms with E-state index in [0.717, 1.165) is 29.3 Å². The Bertz CT molecular complexity index is 352. The highest BCUT2D eigenvalue weighted by molar-refractivity contribution is 8.14. The fourth-order valence-corrected chi connectivity index (χ4v) is 2.61. The van der Waals surface area contributed by atoms with E-state index in [0.29, 0.717) is 0 Å². The van der Waals surface area contributed by atoms with Gasteiger partial charge in [0.15, 0.2) is 0 Å². The lowest BCUT2D eigenvalue weighted by atomic mass is 10.2. The molecule has 1 N–H and O–H groups in total. The van der Waals surface area contributed by atoms with Crippen molar-refractivity contribution in [1.82, 2.24) is 5.32 Å². The van der Waals surface area contributed by atoms with Crippen molar-refractivity contribution >= 4 is 28.5 Å². The topological polar surface area (TPSA) is 29.1 Å². The third-order valence-electron chi connectivity index (χ3n) is 2.40. The summed E-state index contributed by atoms with van der Waals surface area (Å²) < 4.78 is 0. The van der Waals surface area contributed by atoms with Crippen LogP contribution < -0.4 is 5.32 Å². The van der Waals surface area contributed by atoms with Gasteiger partial charge in [0.1, 0.15) is 0 Å². The number of benzene rings is 1. The molecular formula is C11H12ClNOS. The van der Waals surface area contributed by atoms with Crippen LogP contribution in [-0.4, -0.2) is 16.9 Å². The van der Waals surface area contributed by atoms with Crippen LogP contribution in [0.15, 0.2) is 24.3 Å². The fourth-order valence-electron chi connectivity index (χ4n) is 1.52. The molecule has 0 aromatic heterocycles. The van der Waals surface area contributed by atoms with Crippen LogP contribution in [0.1, 0.15) is 12.0 Å². The number of rotatable bonds is 3. The molecule has 0 spiro atoms. The quantitative estimate of drug-likeness (QED) is 0.882. The second kappa shape index (κ2) is 5.01. The van der Waals surface area contributed by atoms with E-state index in [1.165, 1.54) is 11.8 Å². The van der Waals surface area contributed by atoms with Gasteiger partial charge in [-0.05, 0) is 24.1 Å². The molecule has 1 saturated heterocycles. The number of carbonyl (C=O) groups is 1. The predicted molar refractivity (Wildman–Crippen MR) is 64.2 cm³/mol. The highest BCUT2D eigenvalue weighted by Gasteiger charge is 2.24. The zero-order valence-corrected chi connectivity index (χ0v) is 9.77. The van der Waals surface area contributed by atoms with E-state index in [1.54, 1.807) is 0 Å². The molecular weight excluding hydrogens is 230 g/mol. The molecule has 2 nitrogen and oxygen atoms in total. The molecule has 4 heteroatoms. The third kappa shape index (κ3) is 2.97. The highest BCUT2D eigenvalue weighted by atomic mass is 35.5. The van der Waals surface area contributed by atoms with Crippen LogP contribution in [0.5, 0.6) is 0 Å². The average molecular weight is 242 g/mol. The van der Waals surface area contributed by atoms with Gasteiger partial charge >= 0.3 is 0 Å². The molecule has 1 heterocycles. The Morgan fingerprint density at radius 2 is 2.13 bits per heavy atom. The Hall–Kier alpha value is -0.510. The number of nitrogens with one attached hydrogen (secondary N) is 1. The maximum absolute atomic E-state index is 11.3. The maximum atomic E-state index is 11.3. The van der Waals surface area contributed by atoms with E-state index in [4.69, 9.17) is 11.6 Å². The van der Waals surface area contributed by atoms with Crippen LogP contribution >= 0.6 is 23.4 Å². The lowest BCUT2D eigenvalue weighted by molar-refractivity contribution is -0.112. The molecule has 0 bridgehead atoms. The van der Waals surface area contributed by atoms with Gasteiger partial charge in [0.2, 0.25) is 5.12 Å². The van der Waals surface area contributed by atoms with E-state index < -0.39 is 0 Å². The molecule has 2 rings (SSSR count). The lowest BCUT2D eigenvalue weighted by Gasteiger charge is -2.09. The zero-order valence-electron chi connectivity index (χ0n) is 8.20. The van der Waals surface area contributed by atoms with Gasteiger partial charge < -0.3 is 5.32 Å². The summed E-state index contributed by atoms with van der Waals surface area (Å²) in [5.74, 6) is 0.942. The second-order valence-electron chi connectivity index (χ2n) is 3.52. The Morgan fingerprint density at radius 1 is 1.40 bits per heavy atom. The molecule has 0 saturated carbocycles. The van der Waals surface area contributed by atoms with Crippen molar-refractivity contribution < 1.29 is 4.79 Å². The first-order valence-corrected chi connectivity index (χ1v) is 6.26. The Labute approximate surface area is 98.4 Å². The summed E-state index contributed by atoms with van der Waals surface area (Å²) >= 11 is 7.20. The van der Waals surface area contributed by atoms with Crippen molar-refractivity contribution in [3.63, 3.8) is 0 Å². The summed E-state index contributed by atoms with van der Waals surface area (Å²) in [7, 11) is 0. The SMILES string of the molecule is O=C1SCC[C@@H]1NCc1ccc(Cl)cc1. The van der Waals surface area contributed by atoms with Gasteiger partial charge in [-0.15, -0.1) is 0 Å². The van der Waals surface area contributed by atoms with Crippen molar-refractivity contribution in [2.75, 3.05) is 5.75 Å². The summed E-state index contributed by atoms with van der Waals surface area (Å²) in [6, 6.07) is 7.71. The van der Waals surface area contributed by atoms with E-state index >= 15 is 0 Å². The van der Waals surface area contributed by atoms with Crippen LogP contribution in [0.25, 0.3) is 0 Å². The lowest BCUT2D eigenvalue weighted by Crippen LogP contribution is -2.31. The van der Waals surface area contributed by atoms with Gasteiger partial charge in [0.05, 0.1) is 6.04 Å². The molecule has 0 radical (unpaired) electrons. The Balaban J connectivity index is 1.87. The van der Waals surface area contributed by atoms with Crippen molar-refractivity contribution in [3.05, 3.63) is 34.9 Å². The molecule has 0 unspecified atom stereocenters. The van der Waals surface area contributed by atoms with Gasteiger partial charge in [-0.3, -0.25) is 4.79 Å². The van der Waals surface area contributed by atoms with Crippen molar-refractivity contribution in [3.8, 4) is 0 Å². The van der Waals surface area contributed by atoms with Crippen molar-refractivity contribution in [2.45, 2.75) is 19.0 Å². The number of halogens is 1. The molecule has 0 aliphatic carbocycles. The van der Waals surface area contributed by atoms with Gasteiger partial charge in [0.25, 0.3) is 0 Å². The largest absolute Gasteiger partial charge is 0.303 e. The van der Waals surface area contributed by atoms with Crippen LogP contribution in [-0.2, 0) is 11.3 Å². The molecule has 1 atom stereocenters. The number of carbonyl (C=O) groups excluding carboxylic acids is 1. The van der Waals surface area contributed by atoms with Crippen LogP contribution in [0.2, 0.25) is 5.02 Å². The highest BCUT2D eigenvalue weighted by Crippen LogP contribution is 2.19. The van der Waals surface area contributed by atoms with Crippen molar-refractivity contribution in [1.29, 1.82) is 0 Å². The molecule has 1 aliphatic heterocycles. The van der Waals surface area contributed by atoms with Gasteiger partial charge in [-0.1, -0.05) is 35.5 Å². The first kappa shape index (κ1) is 11.0. The van der Waals surface area contributed by atoms with E-state index in [9.17, 15) is 4.79 Å². The molecule has 0 amide bonds. The van der Waals surface area contributed by atoms with E-state index in [2.05, 4.69) is 5.32 Å². The van der Waals surface area contributed by atoms with Crippen LogP contribution in [0.3, 0.4) is 0 Å². The second-order valence-corrected chi connectivity index (χ2v) is 5.05. The summed E-state index contributed by atoms with van der Waals surface area (Å²) in [6.45, 7) is 0.730. The Morgan fingerprint density at radius 3 is 2.73 bits per heavy atom. The van der Waals surface area contributed by atoms with Crippen molar-refractivity contribution in [2.24, 2.45) is 0 Å². The smallest absolute Gasteiger partial charge is 0.205 e. The molecule has 15 heavy (non-hydrogen) atoms. The minimum atomic E-state index is 0.0330. The number of hydrogen-bond acceptors (Lipinski definition) is 3. The summed E-state index contributed by atoms with van der Waals surface area (Å²) in [5.41, 5.74) is 1.16. The number of thioether (sulfide) groups is 1.